The fourth-order valence-corrected chi connectivity index (χ4v) is 3.79. The zero-order valence-electron chi connectivity index (χ0n) is 11.5. The number of halogens is 1. The molecule has 0 spiro atoms. The summed E-state index contributed by atoms with van der Waals surface area (Å²) in [6.07, 6.45) is 0.438. The summed E-state index contributed by atoms with van der Waals surface area (Å²) in [5.74, 6) is 0.660. The molecule has 1 aromatic carbocycles. The van der Waals surface area contributed by atoms with Crippen LogP contribution in [0.3, 0.4) is 0 Å². The molecule has 2 aromatic heterocycles. The molecule has 3 aromatic rings. The Morgan fingerprint density at radius 1 is 1.23 bits per heavy atom. The molecule has 0 unspecified atom stereocenters. The lowest BCUT2D eigenvalue weighted by Gasteiger charge is -2.22. The minimum Gasteiger partial charge on any atom is -0.309 e. The van der Waals surface area contributed by atoms with Crippen molar-refractivity contribution in [3.8, 4) is 11.3 Å². The second-order valence-electron chi connectivity index (χ2n) is 5.19. The normalized spacial score (nSPS) is 17.1. The third-order valence-electron chi connectivity index (χ3n) is 3.82. The van der Waals surface area contributed by atoms with Crippen LogP contribution >= 0.6 is 22.9 Å². The van der Waals surface area contributed by atoms with Gasteiger partial charge in [-0.3, -0.25) is 9.89 Å². The Labute approximate surface area is 136 Å². The van der Waals surface area contributed by atoms with Gasteiger partial charge in [0.25, 0.3) is 0 Å². The van der Waals surface area contributed by atoms with Gasteiger partial charge in [-0.05, 0) is 23.6 Å². The van der Waals surface area contributed by atoms with Crippen molar-refractivity contribution < 1.29 is 4.79 Å². The van der Waals surface area contributed by atoms with Crippen molar-refractivity contribution in [1.82, 2.24) is 10.2 Å². The number of benzene rings is 1. The highest BCUT2D eigenvalue weighted by Crippen LogP contribution is 2.42. The molecule has 1 aliphatic heterocycles. The van der Waals surface area contributed by atoms with Gasteiger partial charge in [0.2, 0.25) is 5.91 Å². The number of aromatic nitrogens is 2. The van der Waals surface area contributed by atoms with E-state index < -0.39 is 0 Å². The summed E-state index contributed by atoms with van der Waals surface area (Å²) in [5, 5.41) is 12.9. The van der Waals surface area contributed by atoms with Crippen LogP contribution in [0.25, 0.3) is 11.3 Å². The molecule has 4 nitrogen and oxygen atoms in total. The zero-order chi connectivity index (χ0) is 15.1. The number of aromatic amines is 1. The number of hydrogen-bond acceptors (Lipinski definition) is 3. The van der Waals surface area contributed by atoms with Crippen LogP contribution in [0.15, 0.2) is 41.8 Å². The van der Waals surface area contributed by atoms with Crippen molar-refractivity contribution in [2.45, 2.75) is 12.3 Å². The minimum atomic E-state index is 0.0000520. The Balaban J connectivity index is 1.87. The first-order chi connectivity index (χ1) is 10.7. The van der Waals surface area contributed by atoms with Crippen LogP contribution in [0.1, 0.15) is 22.8 Å². The van der Waals surface area contributed by atoms with E-state index in [1.54, 1.807) is 11.3 Å². The zero-order valence-corrected chi connectivity index (χ0v) is 13.0. The van der Waals surface area contributed by atoms with E-state index in [0.29, 0.717) is 17.3 Å². The predicted octanol–water partition coefficient (Wildman–Crippen LogP) is 4.27. The second kappa shape index (κ2) is 5.26. The van der Waals surface area contributed by atoms with Gasteiger partial charge in [0.1, 0.15) is 0 Å². The summed E-state index contributed by atoms with van der Waals surface area (Å²) in [4.78, 5) is 13.1. The molecular formula is C16H12ClN3OS. The Morgan fingerprint density at radius 3 is 2.77 bits per heavy atom. The van der Waals surface area contributed by atoms with Crippen molar-refractivity contribution in [2.75, 3.05) is 5.32 Å². The fraction of sp³-hybridized carbons (Fsp3) is 0.125. The van der Waals surface area contributed by atoms with Crippen LogP contribution in [0, 0.1) is 0 Å². The molecule has 1 amide bonds. The van der Waals surface area contributed by atoms with Gasteiger partial charge in [-0.15, -0.1) is 11.3 Å². The monoisotopic (exact) mass is 329 g/mol. The van der Waals surface area contributed by atoms with Gasteiger partial charge in [-0.2, -0.15) is 5.10 Å². The molecule has 2 N–H and O–H groups in total. The number of H-pyrrole nitrogens is 1. The Morgan fingerprint density at radius 2 is 2.05 bits per heavy atom. The molecule has 0 saturated heterocycles. The van der Waals surface area contributed by atoms with Crippen LogP contribution in [0.5, 0.6) is 0 Å². The number of hydrogen-bond donors (Lipinski definition) is 2. The highest BCUT2D eigenvalue weighted by molar-refractivity contribution is 7.10. The van der Waals surface area contributed by atoms with Crippen LogP contribution in [0.4, 0.5) is 5.82 Å². The van der Waals surface area contributed by atoms with Gasteiger partial charge < -0.3 is 5.32 Å². The first kappa shape index (κ1) is 13.5. The van der Waals surface area contributed by atoms with E-state index in [1.165, 1.54) is 4.88 Å². The molecule has 1 aliphatic rings. The largest absolute Gasteiger partial charge is 0.309 e. The molecule has 3 heterocycles. The Bertz CT molecular complexity index is 824. The van der Waals surface area contributed by atoms with Crippen molar-refractivity contribution >= 4 is 34.7 Å². The number of carbonyl (C=O) groups excluding carboxylic acids is 1. The molecule has 22 heavy (non-hydrogen) atoms. The third-order valence-corrected chi connectivity index (χ3v) is 5.06. The summed E-state index contributed by atoms with van der Waals surface area (Å²) in [6.45, 7) is 0. The van der Waals surface area contributed by atoms with Gasteiger partial charge in [0, 0.05) is 33.4 Å². The molecule has 0 aliphatic carbocycles. The van der Waals surface area contributed by atoms with Crippen LogP contribution in [0.2, 0.25) is 5.02 Å². The van der Waals surface area contributed by atoms with Crippen LogP contribution in [-0.4, -0.2) is 16.1 Å². The summed E-state index contributed by atoms with van der Waals surface area (Å²) >= 11 is 7.63. The first-order valence-electron chi connectivity index (χ1n) is 6.90. The highest BCUT2D eigenvalue weighted by Gasteiger charge is 2.32. The maximum absolute atomic E-state index is 11.9. The van der Waals surface area contributed by atoms with Crippen molar-refractivity contribution in [3.63, 3.8) is 0 Å². The molecule has 0 saturated carbocycles. The number of anilines is 1. The molecule has 0 fully saturated rings. The molecule has 0 radical (unpaired) electrons. The Hall–Kier alpha value is -2.11. The SMILES string of the molecule is O=C1C[C@H](c2cccs2)c2c(n[nH]c2-c2ccc(Cl)cc2)N1. The average molecular weight is 330 g/mol. The van der Waals surface area contributed by atoms with Crippen LogP contribution in [-0.2, 0) is 4.79 Å². The van der Waals surface area contributed by atoms with Gasteiger partial charge in [-0.25, -0.2) is 0 Å². The third kappa shape index (κ3) is 2.23. The topological polar surface area (TPSA) is 57.8 Å². The maximum Gasteiger partial charge on any atom is 0.226 e. The van der Waals surface area contributed by atoms with E-state index >= 15 is 0 Å². The molecule has 4 rings (SSSR count). The number of rotatable bonds is 2. The highest BCUT2D eigenvalue weighted by atomic mass is 35.5. The number of amides is 1. The van der Waals surface area contributed by atoms with Gasteiger partial charge in [0.05, 0.1) is 5.69 Å². The summed E-state index contributed by atoms with van der Waals surface area (Å²) in [7, 11) is 0. The van der Waals surface area contributed by atoms with E-state index in [-0.39, 0.29) is 11.8 Å². The second-order valence-corrected chi connectivity index (χ2v) is 6.60. The van der Waals surface area contributed by atoms with E-state index in [4.69, 9.17) is 11.6 Å². The number of fused-ring (bicyclic) bond motifs is 1. The van der Waals surface area contributed by atoms with Crippen molar-refractivity contribution in [2.24, 2.45) is 0 Å². The lowest BCUT2D eigenvalue weighted by atomic mass is 9.89. The minimum absolute atomic E-state index is 0.0000520. The van der Waals surface area contributed by atoms with Gasteiger partial charge in [-0.1, -0.05) is 29.8 Å². The standard InChI is InChI=1S/C16H12ClN3OS/c17-10-5-3-9(4-6-10)15-14-11(12-2-1-7-22-12)8-13(21)18-16(14)20-19-15/h1-7,11H,8H2,(H2,18,19,20,21)/t11-/m1/s1. The van der Waals surface area contributed by atoms with E-state index in [0.717, 1.165) is 16.8 Å². The van der Waals surface area contributed by atoms with Crippen LogP contribution < -0.4 is 5.32 Å². The lowest BCUT2D eigenvalue weighted by molar-refractivity contribution is -0.116. The molecular weight excluding hydrogens is 318 g/mol. The summed E-state index contributed by atoms with van der Waals surface area (Å²) in [6, 6.07) is 11.7. The maximum atomic E-state index is 11.9. The first-order valence-corrected chi connectivity index (χ1v) is 8.15. The Kier molecular flexibility index (Phi) is 3.24. The number of carbonyl (C=O) groups is 1. The van der Waals surface area contributed by atoms with E-state index in [1.807, 2.05) is 35.7 Å². The van der Waals surface area contributed by atoms with Gasteiger partial charge in [0.15, 0.2) is 5.82 Å². The molecule has 6 heteroatoms. The summed E-state index contributed by atoms with van der Waals surface area (Å²) in [5.41, 5.74) is 2.99. The van der Waals surface area contributed by atoms with Crippen molar-refractivity contribution in [1.29, 1.82) is 0 Å². The van der Waals surface area contributed by atoms with Crippen molar-refractivity contribution in [3.05, 3.63) is 57.2 Å². The number of nitrogens with zero attached hydrogens (tertiary/aromatic N) is 1. The smallest absolute Gasteiger partial charge is 0.226 e. The molecule has 1 atom stereocenters. The molecule has 110 valence electrons. The molecule has 0 bridgehead atoms. The number of nitrogens with one attached hydrogen (secondary N) is 2. The lowest BCUT2D eigenvalue weighted by Crippen LogP contribution is -2.22. The summed E-state index contributed by atoms with van der Waals surface area (Å²) < 4.78 is 0. The van der Waals surface area contributed by atoms with Gasteiger partial charge >= 0.3 is 0 Å². The fourth-order valence-electron chi connectivity index (χ4n) is 2.82. The quantitative estimate of drug-likeness (QED) is 0.737. The van der Waals surface area contributed by atoms with E-state index in [9.17, 15) is 4.79 Å². The number of thiophene rings is 1. The van der Waals surface area contributed by atoms with E-state index in [2.05, 4.69) is 21.6 Å². The predicted molar refractivity (Wildman–Crippen MR) is 88.4 cm³/mol. The average Bonchev–Trinajstić information content (AvgIpc) is 3.16.